The third-order valence-electron chi connectivity index (χ3n) is 6.48. The second-order valence-electron chi connectivity index (χ2n) is 8.51. The zero-order valence-electron chi connectivity index (χ0n) is 16.2. The molecule has 2 fully saturated rings. The minimum absolute atomic E-state index is 0.198. The van der Waals surface area contributed by atoms with Crippen LogP contribution in [0.15, 0.2) is 48.8 Å². The molecule has 1 atom stereocenters. The maximum absolute atomic E-state index is 13.6. The van der Waals surface area contributed by atoms with Crippen molar-refractivity contribution in [2.75, 3.05) is 26.2 Å². The molecule has 2 aliphatic rings. The summed E-state index contributed by atoms with van der Waals surface area (Å²) in [5.74, 6) is 0.260. The Morgan fingerprint density at radius 2 is 1.93 bits per heavy atom. The Morgan fingerprint density at radius 1 is 1.15 bits per heavy atom. The summed E-state index contributed by atoms with van der Waals surface area (Å²) in [7, 11) is 0. The van der Waals surface area contributed by atoms with Crippen LogP contribution in [-0.4, -0.2) is 46.8 Å². The number of benzene rings is 1. The summed E-state index contributed by atoms with van der Waals surface area (Å²) >= 11 is 0. The summed E-state index contributed by atoms with van der Waals surface area (Å²) in [5, 5.41) is 7.85. The van der Waals surface area contributed by atoms with Crippen molar-refractivity contribution in [1.82, 2.24) is 20.0 Å². The van der Waals surface area contributed by atoms with Crippen LogP contribution in [0.5, 0.6) is 0 Å². The minimum atomic E-state index is -0.514. The Hall–Kier alpha value is -2.14. The number of carbonyl (C=O) groups is 1. The van der Waals surface area contributed by atoms with Crippen molar-refractivity contribution >= 4 is 5.91 Å². The smallest absolute Gasteiger partial charge is 0.250 e. The number of nitrogens with zero attached hydrogens (tertiary/aromatic N) is 3. The van der Waals surface area contributed by atoms with Gasteiger partial charge in [0.25, 0.3) is 5.91 Å². The van der Waals surface area contributed by atoms with Crippen molar-refractivity contribution in [3.63, 3.8) is 0 Å². The molecule has 0 spiro atoms. The minimum Gasteiger partial charge on any atom is -0.340 e. The zero-order chi connectivity index (χ0) is 18.7. The van der Waals surface area contributed by atoms with Crippen LogP contribution in [0.1, 0.15) is 38.2 Å². The Morgan fingerprint density at radius 3 is 2.63 bits per heavy atom. The van der Waals surface area contributed by atoms with Gasteiger partial charge >= 0.3 is 0 Å². The van der Waals surface area contributed by atoms with Gasteiger partial charge in [0.1, 0.15) is 5.54 Å². The zero-order valence-corrected chi connectivity index (χ0v) is 16.2. The van der Waals surface area contributed by atoms with Gasteiger partial charge in [-0.05, 0) is 62.2 Å². The first-order valence-electron chi connectivity index (χ1n) is 10.2. The first-order chi connectivity index (χ1) is 13.1. The summed E-state index contributed by atoms with van der Waals surface area (Å²) < 4.78 is 1.91. The molecule has 1 aromatic carbocycles. The van der Waals surface area contributed by atoms with E-state index in [4.69, 9.17) is 0 Å². The SMILES string of the molecule is CC1(CCc2ccccc2)CCN(C(=O)C2(n3cccn3)CCNCC2)C1. The molecule has 0 saturated carbocycles. The molecule has 1 N–H and O–H groups in total. The monoisotopic (exact) mass is 366 g/mol. The standard InChI is InChI=1S/C22H30N4O/c1-21(9-8-19-6-3-2-4-7-19)12-17-25(18-21)20(27)22(10-14-23-15-11-22)26-16-5-13-24-26/h2-7,13,16,23H,8-12,14-15,17-18H2,1H3. The van der Waals surface area contributed by atoms with E-state index in [0.29, 0.717) is 0 Å². The molecule has 5 heteroatoms. The molecule has 4 rings (SSSR count). The van der Waals surface area contributed by atoms with E-state index >= 15 is 0 Å². The van der Waals surface area contributed by atoms with Crippen LogP contribution in [0.4, 0.5) is 0 Å². The maximum atomic E-state index is 13.6. The van der Waals surface area contributed by atoms with E-state index in [1.165, 1.54) is 5.56 Å². The fraction of sp³-hybridized carbons (Fsp3) is 0.545. The van der Waals surface area contributed by atoms with Gasteiger partial charge in [-0.15, -0.1) is 0 Å². The summed E-state index contributed by atoms with van der Waals surface area (Å²) in [6.45, 7) is 5.79. The lowest BCUT2D eigenvalue weighted by molar-refractivity contribution is -0.142. The number of piperidine rings is 1. The summed E-state index contributed by atoms with van der Waals surface area (Å²) in [6.07, 6.45) is 8.64. The highest BCUT2D eigenvalue weighted by atomic mass is 16.2. The normalized spacial score (nSPS) is 24.9. The fourth-order valence-electron chi connectivity index (χ4n) is 4.69. The quantitative estimate of drug-likeness (QED) is 0.885. The number of likely N-dealkylation sites (tertiary alicyclic amines) is 1. The van der Waals surface area contributed by atoms with Crippen molar-refractivity contribution in [1.29, 1.82) is 0 Å². The van der Waals surface area contributed by atoms with Crippen molar-refractivity contribution in [3.05, 3.63) is 54.4 Å². The van der Waals surface area contributed by atoms with Gasteiger partial charge < -0.3 is 10.2 Å². The van der Waals surface area contributed by atoms with Crippen molar-refractivity contribution in [2.24, 2.45) is 5.41 Å². The van der Waals surface area contributed by atoms with Gasteiger partial charge in [0.2, 0.25) is 0 Å². The molecule has 27 heavy (non-hydrogen) atoms. The number of amides is 1. The van der Waals surface area contributed by atoms with Crippen LogP contribution in [0.3, 0.4) is 0 Å². The van der Waals surface area contributed by atoms with Crippen molar-refractivity contribution in [2.45, 2.75) is 44.6 Å². The highest BCUT2D eigenvalue weighted by Crippen LogP contribution is 2.38. The highest BCUT2D eigenvalue weighted by Gasteiger charge is 2.47. The lowest BCUT2D eigenvalue weighted by Crippen LogP contribution is -2.55. The van der Waals surface area contributed by atoms with Crippen LogP contribution in [-0.2, 0) is 16.8 Å². The highest BCUT2D eigenvalue weighted by molar-refractivity contribution is 5.85. The van der Waals surface area contributed by atoms with Gasteiger partial charge in [0, 0.05) is 25.5 Å². The van der Waals surface area contributed by atoms with Gasteiger partial charge in [-0.3, -0.25) is 9.48 Å². The molecule has 0 radical (unpaired) electrons. The fourth-order valence-corrected chi connectivity index (χ4v) is 4.69. The number of rotatable bonds is 5. The predicted molar refractivity (Wildman–Crippen MR) is 106 cm³/mol. The number of nitrogens with one attached hydrogen (secondary N) is 1. The molecular weight excluding hydrogens is 336 g/mol. The molecule has 0 aliphatic carbocycles. The summed E-state index contributed by atoms with van der Waals surface area (Å²) in [4.78, 5) is 15.7. The number of aromatic nitrogens is 2. The molecular formula is C22H30N4O. The van der Waals surface area contributed by atoms with Crippen LogP contribution < -0.4 is 5.32 Å². The molecule has 2 aliphatic heterocycles. The predicted octanol–water partition coefficient (Wildman–Crippen LogP) is 2.83. The van der Waals surface area contributed by atoms with E-state index in [2.05, 4.69) is 52.6 Å². The average Bonchev–Trinajstić information content (AvgIpc) is 3.38. The maximum Gasteiger partial charge on any atom is 0.250 e. The van der Waals surface area contributed by atoms with E-state index in [0.717, 1.165) is 58.3 Å². The van der Waals surface area contributed by atoms with E-state index in [-0.39, 0.29) is 11.3 Å². The van der Waals surface area contributed by atoms with Gasteiger partial charge in [-0.2, -0.15) is 5.10 Å². The van der Waals surface area contributed by atoms with E-state index in [1.807, 2.05) is 16.9 Å². The largest absolute Gasteiger partial charge is 0.340 e. The van der Waals surface area contributed by atoms with Crippen molar-refractivity contribution < 1.29 is 4.79 Å². The number of hydrogen-bond donors (Lipinski definition) is 1. The lowest BCUT2D eigenvalue weighted by Gasteiger charge is -2.39. The first-order valence-corrected chi connectivity index (χ1v) is 10.2. The van der Waals surface area contributed by atoms with Crippen molar-refractivity contribution in [3.8, 4) is 0 Å². The lowest BCUT2D eigenvalue weighted by atomic mass is 9.83. The van der Waals surface area contributed by atoms with Crippen LogP contribution >= 0.6 is 0 Å². The van der Waals surface area contributed by atoms with Gasteiger partial charge in [-0.25, -0.2) is 0 Å². The number of hydrogen-bond acceptors (Lipinski definition) is 3. The third-order valence-corrected chi connectivity index (χ3v) is 6.48. The molecule has 144 valence electrons. The molecule has 2 saturated heterocycles. The number of carbonyl (C=O) groups excluding carboxylic acids is 1. The average molecular weight is 367 g/mol. The summed E-state index contributed by atoms with van der Waals surface area (Å²) in [6, 6.07) is 12.6. The molecule has 0 bridgehead atoms. The Kier molecular flexibility index (Phi) is 5.04. The van der Waals surface area contributed by atoms with Gasteiger partial charge in [0.15, 0.2) is 0 Å². The molecule has 3 heterocycles. The van der Waals surface area contributed by atoms with E-state index in [9.17, 15) is 4.79 Å². The van der Waals surface area contributed by atoms with Crippen LogP contribution in [0.2, 0.25) is 0 Å². The summed E-state index contributed by atoms with van der Waals surface area (Å²) in [5.41, 5.74) is 1.07. The molecule has 5 nitrogen and oxygen atoms in total. The molecule has 1 aromatic heterocycles. The molecule has 1 unspecified atom stereocenters. The Bertz CT molecular complexity index is 752. The van der Waals surface area contributed by atoms with Crippen LogP contribution in [0.25, 0.3) is 0 Å². The van der Waals surface area contributed by atoms with Gasteiger partial charge in [0.05, 0.1) is 0 Å². The third kappa shape index (κ3) is 3.65. The Balaban J connectivity index is 1.46. The Labute approximate surface area is 161 Å². The second kappa shape index (κ2) is 7.47. The first kappa shape index (κ1) is 18.2. The molecule has 1 amide bonds. The number of aryl methyl sites for hydroxylation is 1. The second-order valence-corrected chi connectivity index (χ2v) is 8.51. The van der Waals surface area contributed by atoms with E-state index in [1.54, 1.807) is 6.20 Å². The topological polar surface area (TPSA) is 50.2 Å². The van der Waals surface area contributed by atoms with Crippen LogP contribution in [0, 0.1) is 5.41 Å². The van der Waals surface area contributed by atoms with Gasteiger partial charge in [-0.1, -0.05) is 37.3 Å². The molecule has 2 aromatic rings. The van der Waals surface area contributed by atoms with E-state index < -0.39 is 5.54 Å².